The number of carbonyl (C=O) groups excluding carboxylic acids is 1. The Morgan fingerprint density at radius 3 is 2.67 bits per heavy atom. The van der Waals surface area contributed by atoms with Gasteiger partial charge in [-0.2, -0.15) is 0 Å². The molecule has 1 aromatic carbocycles. The van der Waals surface area contributed by atoms with E-state index in [9.17, 15) is 4.79 Å². The molecule has 0 bridgehead atoms. The monoisotopic (exact) mass is 287 g/mol. The first kappa shape index (κ1) is 14.4. The van der Waals surface area contributed by atoms with Crippen LogP contribution in [-0.4, -0.2) is 29.5 Å². The van der Waals surface area contributed by atoms with E-state index in [0.29, 0.717) is 18.2 Å². The molecule has 114 valence electrons. The molecule has 3 rings (SSSR count). The van der Waals surface area contributed by atoms with E-state index >= 15 is 0 Å². The Hall–Kier alpha value is -1.51. The van der Waals surface area contributed by atoms with Crippen molar-refractivity contribution in [3.05, 3.63) is 29.8 Å². The number of benzene rings is 1. The maximum absolute atomic E-state index is 12.2. The summed E-state index contributed by atoms with van der Waals surface area (Å²) in [5.41, 5.74) is 1.28. The van der Waals surface area contributed by atoms with Crippen molar-refractivity contribution in [2.75, 3.05) is 13.1 Å². The molecule has 0 saturated carbocycles. The predicted molar refractivity (Wildman–Crippen MR) is 83.4 cm³/mol. The third kappa shape index (κ3) is 3.07. The van der Waals surface area contributed by atoms with Gasteiger partial charge in [-0.1, -0.05) is 32.0 Å². The summed E-state index contributed by atoms with van der Waals surface area (Å²) in [6, 6.07) is 8.35. The quantitative estimate of drug-likeness (QED) is 0.834. The van der Waals surface area contributed by atoms with Gasteiger partial charge in [0.15, 0.2) is 0 Å². The number of amides is 1. The van der Waals surface area contributed by atoms with Gasteiger partial charge in [0, 0.05) is 32.4 Å². The maximum atomic E-state index is 12.2. The minimum absolute atomic E-state index is 0.0387. The van der Waals surface area contributed by atoms with E-state index < -0.39 is 0 Å². The minimum atomic E-state index is -0.0387. The van der Waals surface area contributed by atoms with Gasteiger partial charge in [-0.25, -0.2) is 0 Å². The van der Waals surface area contributed by atoms with Crippen LogP contribution in [0.1, 0.15) is 45.1 Å². The SMILES string of the molecule is CC(C)CC(=O)N1CCC2(CCc3ccccc3O2)CC1. The van der Waals surface area contributed by atoms with Crippen molar-refractivity contribution in [2.24, 2.45) is 5.92 Å². The molecule has 0 unspecified atom stereocenters. The summed E-state index contributed by atoms with van der Waals surface area (Å²) < 4.78 is 6.33. The second-order valence-electron chi connectivity index (χ2n) is 6.87. The number of fused-ring (bicyclic) bond motifs is 1. The van der Waals surface area contributed by atoms with E-state index in [0.717, 1.165) is 44.5 Å². The molecule has 0 aliphatic carbocycles. The third-order valence-corrected chi connectivity index (χ3v) is 4.76. The van der Waals surface area contributed by atoms with Crippen LogP contribution in [0.2, 0.25) is 0 Å². The Labute approximate surface area is 127 Å². The van der Waals surface area contributed by atoms with Crippen LogP contribution in [0.3, 0.4) is 0 Å². The molecule has 3 nitrogen and oxygen atoms in total. The molecule has 0 aromatic heterocycles. The minimum Gasteiger partial charge on any atom is -0.487 e. The number of nitrogens with zero attached hydrogens (tertiary/aromatic N) is 1. The number of piperidine rings is 1. The van der Waals surface area contributed by atoms with E-state index in [1.165, 1.54) is 5.56 Å². The zero-order valence-corrected chi connectivity index (χ0v) is 13.1. The molecule has 1 saturated heterocycles. The lowest BCUT2D eigenvalue weighted by molar-refractivity contribution is -0.135. The molecule has 3 heteroatoms. The van der Waals surface area contributed by atoms with Crippen LogP contribution in [0.25, 0.3) is 0 Å². The fraction of sp³-hybridized carbons (Fsp3) is 0.611. The normalized spacial score (nSPS) is 20.2. The number of hydrogen-bond donors (Lipinski definition) is 0. The first-order valence-corrected chi connectivity index (χ1v) is 8.13. The van der Waals surface area contributed by atoms with Crippen LogP contribution in [0.5, 0.6) is 5.75 Å². The van der Waals surface area contributed by atoms with E-state index in [-0.39, 0.29) is 5.60 Å². The van der Waals surface area contributed by atoms with Gasteiger partial charge in [0.1, 0.15) is 11.4 Å². The third-order valence-electron chi connectivity index (χ3n) is 4.76. The number of likely N-dealkylation sites (tertiary alicyclic amines) is 1. The summed E-state index contributed by atoms with van der Waals surface area (Å²) in [7, 11) is 0. The molecule has 1 spiro atoms. The Balaban J connectivity index is 1.62. The summed E-state index contributed by atoms with van der Waals surface area (Å²) in [6.07, 6.45) is 4.76. The Kier molecular flexibility index (Phi) is 3.92. The first-order chi connectivity index (χ1) is 10.1. The summed E-state index contributed by atoms with van der Waals surface area (Å²) in [6.45, 7) is 5.89. The van der Waals surface area contributed by atoms with E-state index in [1.807, 2.05) is 11.0 Å². The van der Waals surface area contributed by atoms with Crippen LogP contribution in [0.15, 0.2) is 24.3 Å². The highest BCUT2D eigenvalue weighted by molar-refractivity contribution is 5.76. The van der Waals surface area contributed by atoms with Crippen molar-refractivity contribution in [1.29, 1.82) is 0 Å². The van der Waals surface area contributed by atoms with Gasteiger partial charge in [-0.05, 0) is 30.4 Å². The number of rotatable bonds is 2. The van der Waals surface area contributed by atoms with Gasteiger partial charge >= 0.3 is 0 Å². The molecule has 1 amide bonds. The lowest BCUT2D eigenvalue weighted by Crippen LogP contribution is -2.51. The molecular formula is C18H25NO2. The van der Waals surface area contributed by atoms with Crippen LogP contribution in [-0.2, 0) is 11.2 Å². The predicted octanol–water partition coefficient (Wildman–Crippen LogP) is 3.42. The van der Waals surface area contributed by atoms with Crippen molar-refractivity contribution < 1.29 is 9.53 Å². The number of carbonyl (C=O) groups is 1. The van der Waals surface area contributed by atoms with E-state index in [1.54, 1.807) is 0 Å². The van der Waals surface area contributed by atoms with Gasteiger partial charge < -0.3 is 9.64 Å². The molecular weight excluding hydrogens is 262 g/mol. The number of ether oxygens (including phenoxy) is 1. The highest BCUT2D eigenvalue weighted by Gasteiger charge is 2.40. The smallest absolute Gasteiger partial charge is 0.222 e. The van der Waals surface area contributed by atoms with Gasteiger partial charge in [0.2, 0.25) is 5.91 Å². The first-order valence-electron chi connectivity index (χ1n) is 8.13. The van der Waals surface area contributed by atoms with Crippen molar-refractivity contribution in [2.45, 2.75) is 51.6 Å². The van der Waals surface area contributed by atoms with Crippen LogP contribution >= 0.6 is 0 Å². The standard InChI is InChI=1S/C18H25NO2/c1-14(2)13-17(20)19-11-9-18(10-12-19)8-7-15-5-3-4-6-16(15)21-18/h3-6,14H,7-13H2,1-2H3. The summed E-state index contributed by atoms with van der Waals surface area (Å²) in [4.78, 5) is 14.2. The largest absolute Gasteiger partial charge is 0.487 e. The summed E-state index contributed by atoms with van der Waals surface area (Å²) in [5.74, 6) is 1.79. The lowest BCUT2D eigenvalue weighted by Gasteiger charge is -2.44. The van der Waals surface area contributed by atoms with Crippen molar-refractivity contribution in [1.82, 2.24) is 4.90 Å². The molecule has 1 fully saturated rings. The Morgan fingerprint density at radius 1 is 1.24 bits per heavy atom. The second kappa shape index (κ2) is 5.70. The van der Waals surface area contributed by atoms with Gasteiger partial charge in [-0.3, -0.25) is 4.79 Å². The van der Waals surface area contributed by atoms with Gasteiger partial charge in [0.25, 0.3) is 0 Å². The van der Waals surface area contributed by atoms with Crippen molar-refractivity contribution >= 4 is 5.91 Å². The van der Waals surface area contributed by atoms with E-state index in [4.69, 9.17) is 4.74 Å². The Morgan fingerprint density at radius 2 is 1.95 bits per heavy atom. The highest BCUT2D eigenvalue weighted by atomic mass is 16.5. The van der Waals surface area contributed by atoms with Crippen LogP contribution < -0.4 is 4.74 Å². The van der Waals surface area contributed by atoms with Gasteiger partial charge in [0.05, 0.1) is 0 Å². The second-order valence-corrected chi connectivity index (χ2v) is 6.87. The van der Waals surface area contributed by atoms with Crippen molar-refractivity contribution in [3.63, 3.8) is 0 Å². The number of hydrogen-bond acceptors (Lipinski definition) is 2. The molecule has 0 radical (unpaired) electrons. The Bertz CT molecular complexity index is 516. The molecule has 2 heterocycles. The molecule has 0 atom stereocenters. The molecule has 2 aliphatic heterocycles. The summed E-state index contributed by atoms with van der Waals surface area (Å²) in [5, 5.41) is 0. The zero-order chi connectivity index (χ0) is 14.9. The van der Waals surface area contributed by atoms with Gasteiger partial charge in [-0.15, -0.1) is 0 Å². The highest BCUT2D eigenvalue weighted by Crippen LogP contribution is 2.39. The van der Waals surface area contributed by atoms with Crippen LogP contribution in [0.4, 0.5) is 0 Å². The molecule has 0 N–H and O–H groups in total. The fourth-order valence-corrected chi connectivity index (χ4v) is 3.45. The number of aryl methyl sites for hydroxylation is 1. The summed E-state index contributed by atoms with van der Waals surface area (Å²) >= 11 is 0. The van der Waals surface area contributed by atoms with Crippen molar-refractivity contribution in [3.8, 4) is 5.75 Å². The zero-order valence-electron chi connectivity index (χ0n) is 13.1. The average molecular weight is 287 g/mol. The van der Waals surface area contributed by atoms with Crippen LogP contribution in [0, 0.1) is 5.92 Å². The molecule has 1 aromatic rings. The van der Waals surface area contributed by atoms with E-state index in [2.05, 4.69) is 32.0 Å². The lowest BCUT2D eigenvalue weighted by atomic mass is 9.83. The molecule has 2 aliphatic rings. The topological polar surface area (TPSA) is 29.5 Å². The average Bonchev–Trinajstić information content (AvgIpc) is 2.47. The maximum Gasteiger partial charge on any atom is 0.222 e. The molecule has 21 heavy (non-hydrogen) atoms. The fourth-order valence-electron chi connectivity index (χ4n) is 3.45. The number of para-hydroxylation sites is 1.